The van der Waals surface area contributed by atoms with Crippen LogP contribution in [0.15, 0.2) is 12.7 Å². The molecule has 74 valence electrons. The average molecular weight is 185 g/mol. The summed E-state index contributed by atoms with van der Waals surface area (Å²) in [6, 6.07) is 0. The van der Waals surface area contributed by atoms with E-state index in [2.05, 4.69) is 10.1 Å². The summed E-state index contributed by atoms with van der Waals surface area (Å²) in [5.74, 6) is -0.833. The first kappa shape index (κ1) is 10.1. The van der Waals surface area contributed by atoms with Crippen molar-refractivity contribution in [1.82, 2.24) is 14.8 Å². The first-order valence-corrected chi connectivity index (χ1v) is 4.36. The lowest BCUT2D eigenvalue weighted by molar-refractivity contribution is -0.284. The predicted octanol–water partition coefficient (Wildman–Crippen LogP) is 0.981. The molecular weight excluding hydrogens is 170 g/mol. The van der Waals surface area contributed by atoms with E-state index in [1.807, 2.05) is 20.8 Å². The zero-order valence-electron chi connectivity index (χ0n) is 8.23. The van der Waals surface area contributed by atoms with Gasteiger partial charge in [0, 0.05) is 20.1 Å². The summed E-state index contributed by atoms with van der Waals surface area (Å²) in [6.07, 6.45) is 3.03. The van der Waals surface area contributed by atoms with Gasteiger partial charge in [-0.15, -0.1) is 0 Å². The third-order valence-corrected chi connectivity index (χ3v) is 1.66. The Bertz CT molecular complexity index is 230. The second-order valence-corrected chi connectivity index (χ2v) is 2.60. The minimum Gasteiger partial charge on any atom is -0.332 e. The van der Waals surface area contributed by atoms with Gasteiger partial charge in [-0.05, 0) is 13.8 Å². The molecule has 1 aromatic heterocycles. The summed E-state index contributed by atoms with van der Waals surface area (Å²) in [6.45, 7) is 6.77. The van der Waals surface area contributed by atoms with Crippen molar-refractivity contribution in [3.05, 3.63) is 12.7 Å². The molecule has 1 rings (SSSR count). The largest absolute Gasteiger partial charge is 0.332 e. The van der Waals surface area contributed by atoms with E-state index in [9.17, 15) is 0 Å². The molecule has 0 fully saturated rings. The van der Waals surface area contributed by atoms with E-state index in [1.165, 1.54) is 6.33 Å². The highest BCUT2D eigenvalue weighted by molar-refractivity contribution is 4.64. The molecule has 0 N–H and O–H groups in total. The Morgan fingerprint density at radius 2 is 1.92 bits per heavy atom. The zero-order valence-corrected chi connectivity index (χ0v) is 8.23. The van der Waals surface area contributed by atoms with Crippen molar-refractivity contribution in [2.75, 3.05) is 13.2 Å². The quantitative estimate of drug-likeness (QED) is 0.642. The van der Waals surface area contributed by atoms with E-state index in [0.29, 0.717) is 13.2 Å². The van der Waals surface area contributed by atoms with Gasteiger partial charge in [-0.25, -0.2) is 4.98 Å². The van der Waals surface area contributed by atoms with Crippen molar-refractivity contribution >= 4 is 0 Å². The van der Waals surface area contributed by atoms with Crippen LogP contribution in [0, 0.1) is 0 Å². The lowest BCUT2D eigenvalue weighted by Crippen LogP contribution is -2.37. The van der Waals surface area contributed by atoms with Gasteiger partial charge in [-0.3, -0.25) is 0 Å². The lowest BCUT2D eigenvalue weighted by Gasteiger charge is -2.28. The van der Waals surface area contributed by atoms with E-state index in [-0.39, 0.29) is 0 Å². The van der Waals surface area contributed by atoms with Gasteiger partial charge in [-0.2, -0.15) is 9.78 Å². The van der Waals surface area contributed by atoms with Crippen molar-refractivity contribution in [3.63, 3.8) is 0 Å². The molecule has 5 heteroatoms. The van der Waals surface area contributed by atoms with Crippen LogP contribution < -0.4 is 0 Å². The molecule has 0 saturated heterocycles. The van der Waals surface area contributed by atoms with Crippen LogP contribution >= 0.6 is 0 Å². The van der Waals surface area contributed by atoms with E-state index in [1.54, 1.807) is 11.0 Å². The minimum absolute atomic E-state index is 0.566. The van der Waals surface area contributed by atoms with Crippen LogP contribution in [0.2, 0.25) is 0 Å². The summed E-state index contributed by atoms with van der Waals surface area (Å²) in [7, 11) is 0. The SMILES string of the molecule is CCOC(C)(OCC)n1cncn1. The molecule has 0 aliphatic carbocycles. The highest BCUT2D eigenvalue weighted by Crippen LogP contribution is 2.17. The first-order chi connectivity index (χ1) is 6.23. The first-order valence-electron chi connectivity index (χ1n) is 4.36. The van der Waals surface area contributed by atoms with Gasteiger partial charge in [0.25, 0.3) is 5.91 Å². The van der Waals surface area contributed by atoms with E-state index in [4.69, 9.17) is 9.47 Å². The molecule has 0 unspecified atom stereocenters. The van der Waals surface area contributed by atoms with E-state index >= 15 is 0 Å². The minimum atomic E-state index is -0.833. The molecule has 0 aromatic carbocycles. The maximum Gasteiger partial charge on any atom is 0.269 e. The molecule has 1 heterocycles. The van der Waals surface area contributed by atoms with Gasteiger partial charge in [0.1, 0.15) is 12.7 Å². The summed E-state index contributed by atoms with van der Waals surface area (Å²) in [4.78, 5) is 3.84. The molecule has 13 heavy (non-hydrogen) atoms. The number of aromatic nitrogens is 3. The van der Waals surface area contributed by atoms with Crippen LogP contribution in [0.25, 0.3) is 0 Å². The topological polar surface area (TPSA) is 49.2 Å². The van der Waals surface area contributed by atoms with E-state index in [0.717, 1.165) is 0 Å². The van der Waals surface area contributed by atoms with Gasteiger partial charge >= 0.3 is 0 Å². The molecule has 0 bridgehead atoms. The van der Waals surface area contributed by atoms with E-state index < -0.39 is 5.91 Å². The van der Waals surface area contributed by atoms with Crippen LogP contribution in [0.5, 0.6) is 0 Å². The Balaban J connectivity index is 2.78. The van der Waals surface area contributed by atoms with Gasteiger partial charge in [-0.1, -0.05) is 0 Å². The normalized spacial score (nSPS) is 11.9. The Morgan fingerprint density at radius 3 is 2.31 bits per heavy atom. The van der Waals surface area contributed by atoms with Crippen LogP contribution in [0.4, 0.5) is 0 Å². The van der Waals surface area contributed by atoms with Gasteiger partial charge < -0.3 is 9.47 Å². The second-order valence-electron chi connectivity index (χ2n) is 2.60. The summed E-state index contributed by atoms with van der Waals surface area (Å²) < 4.78 is 12.5. The molecule has 0 radical (unpaired) electrons. The molecule has 0 spiro atoms. The zero-order chi connectivity index (χ0) is 9.73. The van der Waals surface area contributed by atoms with Crippen LogP contribution in [-0.2, 0) is 15.4 Å². The van der Waals surface area contributed by atoms with Crippen LogP contribution in [-0.4, -0.2) is 28.0 Å². The summed E-state index contributed by atoms with van der Waals surface area (Å²) >= 11 is 0. The van der Waals surface area contributed by atoms with Crippen molar-refractivity contribution in [2.45, 2.75) is 26.7 Å². The maximum absolute atomic E-state index is 5.45. The molecule has 0 saturated carbocycles. The average Bonchev–Trinajstić information content (AvgIpc) is 2.57. The molecule has 5 nitrogen and oxygen atoms in total. The number of rotatable bonds is 5. The third kappa shape index (κ3) is 2.26. The van der Waals surface area contributed by atoms with Crippen molar-refractivity contribution in [2.24, 2.45) is 0 Å². The Kier molecular flexibility index (Phi) is 3.39. The highest BCUT2D eigenvalue weighted by atomic mass is 16.7. The van der Waals surface area contributed by atoms with Crippen molar-refractivity contribution in [1.29, 1.82) is 0 Å². The van der Waals surface area contributed by atoms with Crippen LogP contribution in [0.3, 0.4) is 0 Å². The molecule has 0 aliphatic heterocycles. The van der Waals surface area contributed by atoms with Crippen LogP contribution in [0.1, 0.15) is 20.8 Å². The fourth-order valence-electron chi connectivity index (χ4n) is 1.13. The Labute approximate surface area is 77.7 Å². The van der Waals surface area contributed by atoms with Gasteiger partial charge in [0.2, 0.25) is 0 Å². The number of hydrogen-bond acceptors (Lipinski definition) is 4. The molecular formula is C8H15N3O2. The molecule has 0 atom stereocenters. The molecule has 0 aliphatic rings. The fourth-order valence-corrected chi connectivity index (χ4v) is 1.13. The monoisotopic (exact) mass is 185 g/mol. The number of nitrogens with zero attached hydrogens (tertiary/aromatic N) is 3. The van der Waals surface area contributed by atoms with Crippen molar-refractivity contribution < 1.29 is 9.47 Å². The van der Waals surface area contributed by atoms with Crippen molar-refractivity contribution in [3.8, 4) is 0 Å². The Morgan fingerprint density at radius 1 is 1.31 bits per heavy atom. The second kappa shape index (κ2) is 4.34. The standard InChI is InChI=1S/C8H15N3O2/c1-4-12-8(3,13-5-2)11-7-9-6-10-11/h6-7H,4-5H2,1-3H3. The Hall–Kier alpha value is -0.940. The number of ether oxygens (including phenoxy) is 2. The molecule has 1 aromatic rings. The predicted molar refractivity (Wildman–Crippen MR) is 46.9 cm³/mol. The maximum atomic E-state index is 5.45. The third-order valence-electron chi connectivity index (χ3n) is 1.66. The fraction of sp³-hybridized carbons (Fsp3) is 0.750. The summed E-state index contributed by atoms with van der Waals surface area (Å²) in [5, 5.41) is 3.98. The lowest BCUT2D eigenvalue weighted by atomic mass is 10.5. The summed E-state index contributed by atoms with van der Waals surface area (Å²) in [5.41, 5.74) is 0. The van der Waals surface area contributed by atoms with Gasteiger partial charge in [0.15, 0.2) is 0 Å². The van der Waals surface area contributed by atoms with Gasteiger partial charge in [0.05, 0.1) is 0 Å². The highest BCUT2D eigenvalue weighted by Gasteiger charge is 2.27. The smallest absolute Gasteiger partial charge is 0.269 e. The molecule has 0 amide bonds. The number of hydrogen-bond donors (Lipinski definition) is 0.